The van der Waals surface area contributed by atoms with Crippen LogP contribution in [-0.4, -0.2) is 105 Å². The third-order valence-corrected chi connectivity index (χ3v) is 9.93. The summed E-state index contributed by atoms with van der Waals surface area (Å²) in [5, 5.41) is 11.8. The number of para-hydroxylation sites is 1. The van der Waals surface area contributed by atoms with Crippen LogP contribution in [0.5, 0.6) is 0 Å². The van der Waals surface area contributed by atoms with Crippen LogP contribution in [0.2, 0.25) is 0 Å². The average molecular weight is 770 g/mol. The Morgan fingerprint density at radius 3 is 2.32 bits per heavy atom. The SMILES string of the molecule is C[C@H](NC(=O)[C@@H](Cc1c[nH]c2ccccc12)NC(=O)[C@@H](N)Cc1cnc[nH]1)C(=O)N[C@H]1CCN([C@H](Cc2ccccc2)C(=O)N[C@@H](CCCCN)C(N)=O)C1=O. The zero-order valence-corrected chi connectivity index (χ0v) is 31.3. The van der Waals surface area contributed by atoms with Gasteiger partial charge >= 0.3 is 0 Å². The van der Waals surface area contributed by atoms with E-state index in [1.54, 1.807) is 12.4 Å². The zero-order chi connectivity index (χ0) is 40.2. The van der Waals surface area contributed by atoms with Gasteiger partial charge in [0.2, 0.25) is 35.4 Å². The molecule has 1 aliphatic heterocycles. The molecule has 4 aromatic rings. The number of carbonyl (C=O) groups excluding carboxylic acids is 6. The van der Waals surface area contributed by atoms with Crippen molar-refractivity contribution in [3.63, 3.8) is 0 Å². The number of rotatable bonds is 20. The van der Waals surface area contributed by atoms with Gasteiger partial charge in [0, 0.05) is 54.8 Å². The fraction of sp³-hybridized carbons (Fsp3) is 0.410. The molecule has 1 fully saturated rings. The van der Waals surface area contributed by atoms with Gasteiger partial charge in [-0.25, -0.2) is 4.98 Å². The molecule has 1 aliphatic rings. The number of nitrogens with two attached hydrogens (primary N) is 3. The van der Waals surface area contributed by atoms with E-state index in [1.807, 2.05) is 54.6 Å². The number of aromatic nitrogens is 3. The number of hydrogen-bond acceptors (Lipinski definition) is 9. The second-order valence-electron chi connectivity index (χ2n) is 14.1. The molecule has 0 saturated carbocycles. The number of primary amides is 1. The van der Waals surface area contributed by atoms with E-state index in [-0.39, 0.29) is 32.2 Å². The summed E-state index contributed by atoms with van der Waals surface area (Å²) in [4.78, 5) is 91.7. The van der Waals surface area contributed by atoms with Crippen molar-refractivity contribution in [2.24, 2.45) is 17.2 Å². The maximum atomic E-state index is 13.8. The average Bonchev–Trinajstić information content (AvgIpc) is 3.94. The fourth-order valence-corrected chi connectivity index (χ4v) is 6.78. The molecular weight excluding hydrogens is 718 g/mol. The van der Waals surface area contributed by atoms with Gasteiger partial charge in [-0.2, -0.15) is 0 Å². The summed E-state index contributed by atoms with van der Waals surface area (Å²) in [5.74, 6) is -3.55. The number of nitrogens with zero attached hydrogens (tertiary/aromatic N) is 2. The van der Waals surface area contributed by atoms with Crippen molar-refractivity contribution < 1.29 is 28.8 Å². The van der Waals surface area contributed by atoms with Crippen LogP contribution in [0.4, 0.5) is 0 Å². The van der Waals surface area contributed by atoms with Gasteiger partial charge in [-0.1, -0.05) is 48.5 Å². The minimum absolute atomic E-state index is 0.0945. The highest BCUT2D eigenvalue weighted by Gasteiger charge is 2.41. The number of amides is 6. The third-order valence-electron chi connectivity index (χ3n) is 9.93. The lowest BCUT2D eigenvalue weighted by Crippen LogP contribution is -2.57. The molecule has 2 aromatic heterocycles. The van der Waals surface area contributed by atoms with E-state index in [0.717, 1.165) is 22.0 Å². The van der Waals surface area contributed by atoms with Crippen LogP contribution in [0, 0.1) is 0 Å². The van der Waals surface area contributed by atoms with Gasteiger partial charge in [-0.05, 0) is 56.3 Å². The maximum absolute atomic E-state index is 13.8. The molecule has 5 rings (SSSR count). The molecule has 0 aliphatic carbocycles. The molecule has 3 heterocycles. The van der Waals surface area contributed by atoms with Crippen molar-refractivity contribution in [1.82, 2.24) is 41.1 Å². The van der Waals surface area contributed by atoms with Crippen LogP contribution in [0.3, 0.4) is 0 Å². The molecule has 17 heteroatoms. The van der Waals surface area contributed by atoms with Crippen LogP contribution in [0.1, 0.15) is 49.4 Å². The van der Waals surface area contributed by atoms with Crippen LogP contribution in [0.15, 0.2) is 73.3 Å². The predicted molar refractivity (Wildman–Crippen MR) is 208 cm³/mol. The van der Waals surface area contributed by atoms with Gasteiger partial charge in [0.25, 0.3) is 0 Å². The molecule has 17 nitrogen and oxygen atoms in total. The number of hydrogen-bond donors (Lipinski definition) is 9. The summed E-state index contributed by atoms with van der Waals surface area (Å²) in [6.45, 7) is 2.05. The summed E-state index contributed by atoms with van der Waals surface area (Å²) in [6, 6.07) is 10.5. The minimum Gasteiger partial charge on any atom is -0.368 e. The molecule has 6 atom stereocenters. The summed E-state index contributed by atoms with van der Waals surface area (Å²) in [7, 11) is 0. The number of aromatic amines is 2. The first kappa shape index (κ1) is 41.1. The Morgan fingerprint density at radius 1 is 0.875 bits per heavy atom. The lowest BCUT2D eigenvalue weighted by Gasteiger charge is -2.29. The Hall–Kier alpha value is -6.07. The van der Waals surface area contributed by atoms with Crippen molar-refractivity contribution in [2.45, 2.75) is 88.1 Å². The second kappa shape index (κ2) is 19.5. The van der Waals surface area contributed by atoms with E-state index in [0.29, 0.717) is 31.5 Å². The number of likely N-dealkylation sites (tertiary alicyclic amines) is 1. The molecule has 12 N–H and O–H groups in total. The third kappa shape index (κ3) is 10.8. The van der Waals surface area contributed by atoms with Gasteiger partial charge < -0.3 is 53.3 Å². The number of carbonyl (C=O) groups is 6. The summed E-state index contributed by atoms with van der Waals surface area (Å²) in [6.07, 6.45) is 6.94. The van der Waals surface area contributed by atoms with E-state index in [1.165, 1.54) is 18.2 Å². The molecule has 6 amide bonds. The summed E-state index contributed by atoms with van der Waals surface area (Å²) < 4.78 is 0. The monoisotopic (exact) mass is 769 g/mol. The van der Waals surface area contributed by atoms with E-state index >= 15 is 0 Å². The summed E-state index contributed by atoms with van der Waals surface area (Å²) in [5.41, 5.74) is 20.4. The Morgan fingerprint density at radius 2 is 1.61 bits per heavy atom. The van der Waals surface area contributed by atoms with Gasteiger partial charge in [0.05, 0.1) is 12.4 Å². The Bertz CT molecular complexity index is 1970. The van der Waals surface area contributed by atoms with Crippen molar-refractivity contribution in [1.29, 1.82) is 0 Å². The van der Waals surface area contributed by atoms with Crippen molar-refractivity contribution >= 4 is 46.3 Å². The topological polar surface area (TPSA) is 276 Å². The number of nitrogens with one attached hydrogen (secondary N) is 6. The first-order chi connectivity index (χ1) is 26.9. The highest BCUT2D eigenvalue weighted by Crippen LogP contribution is 2.21. The van der Waals surface area contributed by atoms with E-state index < -0.39 is 71.7 Å². The van der Waals surface area contributed by atoms with Gasteiger partial charge in [-0.3, -0.25) is 28.8 Å². The van der Waals surface area contributed by atoms with Crippen LogP contribution < -0.4 is 38.5 Å². The molecule has 56 heavy (non-hydrogen) atoms. The van der Waals surface area contributed by atoms with Crippen molar-refractivity contribution in [2.75, 3.05) is 13.1 Å². The highest BCUT2D eigenvalue weighted by molar-refractivity contribution is 5.97. The van der Waals surface area contributed by atoms with Crippen LogP contribution in [-0.2, 0) is 48.0 Å². The Labute approximate surface area is 324 Å². The molecular formula is C39H51N11O6. The molecule has 0 unspecified atom stereocenters. The van der Waals surface area contributed by atoms with E-state index in [4.69, 9.17) is 17.2 Å². The lowest BCUT2D eigenvalue weighted by molar-refractivity contribution is -0.140. The van der Waals surface area contributed by atoms with Gasteiger partial charge in [0.1, 0.15) is 30.2 Å². The zero-order valence-electron chi connectivity index (χ0n) is 31.3. The standard InChI is InChI=1S/C39H51N11O6/c1-23(46-37(54)32(18-25-20-44-29-12-6-5-11-27(25)29)49-36(53)28(41)19-26-21-43-22-45-26)35(52)48-31-14-16-50(39(31)56)33(17-24-9-3-2-4-10-24)38(55)47-30(34(42)51)13-7-8-15-40/h2-6,9-12,20-23,28,30-33,44H,7-8,13-19,40-41H2,1H3,(H2,42,51)(H,43,45)(H,46,54)(H,47,55)(H,48,52)(H,49,53)/t23-,28-,30-,31-,32+,33+/m0/s1. The van der Waals surface area contributed by atoms with Crippen molar-refractivity contribution in [3.8, 4) is 0 Å². The maximum Gasteiger partial charge on any atom is 0.245 e. The molecule has 0 spiro atoms. The quantitative estimate of drug-likeness (QED) is 0.0520. The number of unbranched alkanes of at least 4 members (excludes halogenated alkanes) is 1. The van der Waals surface area contributed by atoms with Crippen molar-refractivity contribution in [3.05, 3.63) is 90.1 Å². The molecule has 0 bridgehead atoms. The van der Waals surface area contributed by atoms with Gasteiger partial charge in [0.15, 0.2) is 0 Å². The smallest absolute Gasteiger partial charge is 0.245 e. The summed E-state index contributed by atoms with van der Waals surface area (Å²) >= 11 is 0. The molecule has 1 saturated heterocycles. The number of fused-ring (bicyclic) bond motifs is 1. The van der Waals surface area contributed by atoms with Crippen LogP contribution in [0.25, 0.3) is 10.9 Å². The van der Waals surface area contributed by atoms with E-state index in [9.17, 15) is 28.8 Å². The molecule has 0 radical (unpaired) electrons. The fourth-order valence-electron chi connectivity index (χ4n) is 6.78. The molecule has 298 valence electrons. The first-order valence-electron chi connectivity index (χ1n) is 18.8. The normalized spacial score (nSPS) is 16.7. The minimum atomic E-state index is -1.11. The number of imidazole rings is 1. The number of benzene rings is 2. The second-order valence-corrected chi connectivity index (χ2v) is 14.1. The highest BCUT2D eigenvalue weighted by atomic mass is 16.2. The lowest BCUT2D eigenvalue weighted by atomic mass is 10.0. The van der Waals surface area contributed by atoms with Gasteiger partial charge in [-0.15, -0.1) is 0 Å². The predicted octanol–water partition coefficient (Wildman–Crippen LogP) is -0.579. The Balaban J connectivity index is 1.25. The molecule has 2 aromatic carbocycles. The largest absolute Gasteiger partial charge is 0.368 e. The number of H-pyrrole nitrogens is 2. The van der Waals surface area contributed by atoms with Crippen LogP contribution >= 0.6 is 0 Å². The van der Waals surface area contributed by atoms with E-state index in [2.05, 4.69) is 36.2 Å². The Kier molecular flexibility index (Phi) is 14.3. The first-order valence-corrected chi connectivity index (χ1v) is 18.8.